The lowest BCUT2D eigenvalue weighted by Crippen LogP contribution is -2.55. The molecule has 0 bridgehead atoms. The Morgan fingerprint density at radius 2 is 1.88 bits per heavy atom. The number of amides is 1. The zero-order chi connectivity index (χ0) is 12.5. The van der Waals surface area contributed by atoms with Gasteiger partial charge in [0.25, 0.3) is 0 Å². The van der Waals surface area contributed by atoms with Crippen molar-refractivity contribution in [3.8, 4) is 0 Å². The molecule has 2 fully saturated rings. The second-order valence-electron chi connectivity index (χ2n) is 6.34. The first-order chi connectivity index (χ1) is 8.00. The maximum atomic E-state index is 12.2. The summed E-state index contributed by atoms with van der Waals surface area (Å²) in [6.45, 7) is 4.20. The maximum absolute atomic E-state index is 12.2. The van der Waals surface area contributed by atoms with Crippen LogP contribution in [0, 0.1) is 11.8 Å². The fraction of sp³-hybridized carbons (Fsp3) is 0.929. The van der Waals surface area contributed by atoms with E-state index >= 15 is 0 Å². The van der Waals surface area contributed by atoms with Crippen molar-refractivity contribution >= 4 is 5.91 Å². The molecule has 1 amide bonds. The molecule has 2 aliphatic rings. The van der Waals surface area contributed by atoms with Gasteiger partial charge in [0, 0.05) is 6.04 Å². The highest BCUT2D eigenvalue weighted by molar-refractivity contribution is 5.86. The predicted molar refractivity (Wildman–Crippen MR) is 69.5 cm³/mol. The maximum Gasteiger partial charge on any atom is 0.240 e. The van der Waals surface area contributed by atoms with Gasteiger partial charge >= 0.3 is 0 Å². The fourth-order valence-electron chi connectivity index (χ4n) is 2.84. The van der Waals surface area contributed by atoms with E-state index in [4.69, 9.17) is 5.73 Å². The number of hydrogen-bond acceptors (Lipinski definition) is 2. The average Bonchev–Trinajstić information content (AvgIpc) is 3.07. The van der Waals surface area contributed by atoms with Gasteiger partial charge in [-0.2, -0.15) is 0 Å². The van der Waals surface area contributed by atoms with Crippen LogP contribution >= 0.6 is 0 Å². The van der Waals surface area contributed by atoms with Crippen LogP contribution in [0.1, 0.15) is 58.8 Å². The number of rotatable bonds is 3. The molecular formula is C14H26N2O. The quantitative estimate of drug-likeness (QED) is 0.741. The highest BCUT2D eigenvalue weighted by Crippen LogP contribution is 2.38. The Morgan fingerprint density at radius 1 is 1.18 bits per heavy atom. The van der Waals surface area contributed by atoms with Crippen LogP contribution in [0.2, 0.25) is 0 Å². The highest BCUT2D eigenvalue weighted by atomic mass is 16.2. The lowest BCUT2D eigenvalue weighted by molar-refractivity contribution is -0.127. The topological polar surface area (TPSA) is 55.1 Å². The van der Waals surface area contributed by atoms with Crippen molar-refractivity contribution in [2.24, 2.45) is 17.6 Å². The van der Waals surface area contributed by atoms with Crippen LogP contribution in [0.4, 0.5) is 0 Å². The smallest absolute Gasteiger partial charge is 0.240 e. The molecule has 2 saturated carbocycles. The number of hydrogen-bond donors (Lipinski definition) is 2. The lowest BCUT2D eigenvalue weighted by Gasteiger charge is -2.26. The van der Waals surface area contributed by atoms with Gasteiger partial charge in [0.2, 0.25) is 5.91 Å². The van der Waals surface area contributed by atoms with Gasteiger partial charge in [0.1, 0.15) is 0 Å². The van der Waals surface area contributed by atoms with E-state index in [1.807, 2.05) is 6.92 Å². The molecule has 3 heteroatoms. The first-order valence-electron chi connectivity index (χ1n) is 7.10. The third-order valence-corrected chi connectivity index (χ3v) is 4.51. The van der Waals surface area contributed by atoms with Crippen LogP contribution in [-0.2, 0) is 4.79 Å². The molecule has 0 spiro atoms. The standard InChI is InChI=1S/C14H26N2O/c1-10-4-3-5-12(9-6-10)16-13(17)14(2,15)11-7-8-11/h10-12H,3-9,15H2,1-2H3,(H,16,17). The number of nitrogens with two attached hydrogens (primary N) is 1. The van der Waals surface area contributed by atoms with Gasteiger partial charge in [-0.05, 0) is 50.9 Å². The molecule has 17 heavy (non-hydrogen) atoms. The van der Waals surface area contributed by atoms with Crippen molar-refractivity contribution in [2.45, 2.75) is 70.4 Å². The van der Waals surface area contributed by atoms with Gasteiger partial charge < -0.3 is 11.1 Å². The number of nitrogens with one attached hydrogen (secondary N) is 1. The monoisotopic (exact) mass is 238 g/mol. The van der Waals surface area contributed by atoms with Gasteiger partial charge in [-0.1, -0.05) is 19.8 Å². The summed E-state index contributed by atoms with van der Waals surface area (Å²) in [4.78, 5) is 12.2. The minimum Gasteiger partial charge on any atom is -0.352 e. The average molecular weight is 238 g/mol. The van der Waals surface area contributed by atoms with Crippen LogP contribution in [0.15, 0.2) is 0 Å². The molecule has 0 aromatic heterocycles. The molecular weight excluding hydrogens is 212 g/mol. The van der Waals surface area contributed by atoms with Gasteiger partial charge in [-0.15, -0.1) is 0 Å². The molecule has 0 aromatic rings. The van der Waals surface area contributed by atoms with Crippen molar-refractivity contribution in [1.29, 1.82) is 0 Å². The summed E-state index contributed by atoms with van der Waals surface area (Å²) in [6, 6.07) is 0.356. The molecule has 3 N–H and O–H groups in total. The van der Waals surface area contributed by atoms with Crippen molar-refractivity contribution in [3.63, 3.8) is 0 Å². The van der Waals surface area contributed by atoms with E-state index in [9.17, 15) is 4.79 Å². The molecule has 2 rings (SSSR count). The molecule has 0 aliphatic heterocycles. The van der Waals surface area contributed by atoms with Crippen molar-refractivity contribution < 1.29 is 4.79 Å². The molecule has 0 aromatic carbocycles. The Labute approximate surface area is 105 Å². The van der Waals surface area contributed by atoms with Crippen molar-refractivity contribution in [1.82, 2.24) is 5.32 Å². The summed E-state index contributed by atoms with van der Waals surface area (Å²) in [5.74, 6) is 1.29. The second-order valence-corrected chi connectivity index (χ2v) is 6.34. The van der Waals surface area contributed by atoms with Crippen LogP contribution in [0.5, 0.6) is 0 Å². The Kier molecular flexibility index (Phi) is 3.76. The molecule has 0 heterocycles. The lowest BCUT2D eigenvalue weighted by atomic mass is 9.95. The van der Waals surface area contributed by atoms with E-state index < -0.39 is 5.54 Å². The fourth-order valence-corrected chi connectivity index (χ4v) is 2.84. The van der Waals surface area contributed by atoms with E-state index in [-0.39, 0.29) is 5.91 Å². The second kappa shape index (κ2) is 4.97. The van der Waals surface area contributed by atoms with Crippen LogP contribution in [0.3, 0.4) is 0 Å². The summed E-state index contributed by atoms with van der Waals surface area (Å²) in [5.41, 5.74) is 5.50. The van der Waals surface area contributed by atoms with Crippen LogP contribution in [0.25, 0.3) is 0 Å². The third-order valence-electron chi connectivity index (χ3n) is 4.51. The van der Waals surface area contributed by atoms with E-state index in [0.717, 1.165) is 31.6 Å². The third kappa shape index (κ3) is 3.21. The summed E-state index contributed by atoms with van der Waals surface area (Å²) < 4.78 is 0. The van der Waals surface area contributed by atoms with Crippen molar-refractivity contribution in [3.05, 3.63) is 0 Å². The summed E-state index contributed by atoms with van der Waals surface area (Å²) in [5, 5.41) is 3.18. The Balaban J connectivity index is 1.85. The van der Waals surface area contributed by atoms with E-state index in [0.29, 0.717) is 12.0 Å². The Bertz CT molecular complexity index is 284. The Hall–Kier alpha value is -0.570. The van der Waals surface area contributed by atoms with E-state index in [2.05, 4.69) is 12.2 Å². The largest absolute Gasteiger partial charge is 0.352 e. The SMILES string of the molecule is CC1CCCC(NC(=O)C(C)(N)C2CC2)CC1. The number of carbonyl (C=O) groups excluding carboxylic acids is 1. The van der Waals surface area contributed by atoms with Crippen LogP contribution < -0.4 is 11.1 Å². The summed E-state index contributed by atoms with van der Waals surface area (Å²) >= 11 is 0. The van der Waals surface area contributed by atoms with Crippen LogP contribution in [-0.4, -0.2) is 17.5 Å². The molecule has 3 nitrogen and oxygen atoms in total. The first kappa shape index (κ1) is 12.9. The predicted octanol–water partition coefficient (Wildman–Crippen LogP) is 2.20. The summed E-state index contributed by atoms with van der Waals surface area (Å²) in [6.07, 6.45) is 8.23. The molecule has 3 unspecified atom stereocenters. The van der Waals surface area contributed by atoms with E-state index in [1.165, 1.54) is 19.3 Å². The van der Waals surface area contributed by atoms with E-state index in [1.54, 1.807) is 0 Å². The normalized spacial score (nSPS) is 33.6. The minimum atomic E-state index is -0.641. The first-order valence-corrected chi connectivity index (χ1v) is 7.10. The molecule has 0 radical (unpaired) electrons. The zero-order valence-electron chi connectivity index (χ0n) is 11.2. The summed E-state index contributed by atoms with van der Waals surface area (Å²) in [7, 11) is 0. The van der Waals surface area contributed by atoms with Gasteiger partial charge in [0.15, 0.2) is 0 Å². The zero-order valence-corrected chi connectivity index (χ0v) is 11.2. The molecule has 3 atom stereocenters. The highest BCUT2D eigenvalue weighted by Gasteiger charge is 2.44. The molecule has 98 valence electrons. The van der Waals surface area contributed by atoms with Gasteiger partial charge in [-0.25, -0.2) is 0 Å². The van der Waals surface area contributed by atoms with Crippen molar-refractivity contribution in [2.75, 3.05) is 0 Å². The molecule has 2 aliphatic carbocycles. The Morgan fingerprint density at radius 3 is 2.53 bits per heavy atom. The van der Waals surface area contributed by atoms with Gasteiger partial charge in [0.05, 0.1) is 5.54 Å². The number of carbonyl (C=O) groups is 1. The molecule has 0 saturated heterocycles. The van der Waals surface area contributed by atoms with Gasteiger partial charge in [-0.3, -0.25) is 4.79 Å². The minimum absolute atomic E-state index is 0.0690.